The molecule has 1 rings (SSSR count). The lowest BCUT2D eigenvalue weighted by Gasteiger charge is -2.23. The van der Waals surface area contributed by atoms with Crippen LogP contribution in [0.1, 0.15) is 12.6 Å². The van der Waals surface area contributed by atoms with E-state index in [1.165, 1.54) is 9.80 Å². The Morgan fingerprint density at radius 2 is 1.95 bits per heavy atom. The van der Waals surface area contributed by atoms with Crippen molar-refractivity contribution in [2.75, 3.05) is 37.8 Å². The van der Waals surface area contributed by atoms with E-state index in [4.69, 9.17) is 5.73 Å². The Hall–Kier alpha value is -2.06. The van der Waals surface area contributed by atoms with Crippen molar-refractivity contribution >= 4 is 17.7 Å². The third-order valence-electron chi connectivity index (χ3n) is 2.55. The quantitative estimate of drug-likeness (QED) is 0.895. The van der Waals surface area contributed by atoms with E-state index in [0.29, 0.717) is 6.54 Å². The summed E-state index contributed by atoms with van der Waals surface area (Å²) in [5, 5.41) is 0. The first-order valence-corrected chi connectivity index (χ1v) is 5.82. The van der Waals surface area contributed by atoms with E-state index >= 15 is 0 Å². The van der Waals surface area contributed by atoms with Crippen LogP contribution in [0.4, 0.5) is 24.9 Å². The maximum atomic E-state index is 12.7. The highest BCUT2D eigenvalue weighted by atomic mass is 19.4. The van der Waals surface area contributed by atoms with E-state index in [1.807, 2.05) is 0 Å². The van der Waals surface area contributed by atoms with Crippen LogP contribution >= 0.6 is 0 Å². The largest absolute Gasteiger partial charge is 0.433 e. The number of rotatable bonds is 4. The standard InChI is InChI=1S/C11H16F3N5O/c1-4-19(6-9(20)18(2)3)8-5-7(11(12,13)14)16-10(15)17-8/h5H,4,6H2,1-3H3,(H2,15,16,17). The van der Waals surface area contributed by atoms with Crippen LogP contribution in [0.3, 0.4) is 0 Å². The number of alkyl halides is 3. The molecule has 0 unspecified atom stereocenters. The minimum Gasteiger partial charge on any atom is -0.368 e. The molecule has 0 fully saturated rings. The lowest BCUT2D eigenvalue weighted by molar-refractivity contribution is -0.141. The minimum absolute atomic E-state index is 0.0254. The first-order valence-electron chi connectivity index (χ1n) is 5.82. The molecule has 112 valence electrons. The number of amides is 1. The molecule has 9 heteroatoms. The van der Waals surface area contributed by atoms with E-state index in [2.05, 4.69) is 9.97 Å². The van der Waals surface area contributed by atoms with Gasteiger partial charge < -0.3 is 15.5 Å². The number of halogens is 3. The molecule has 0 aliphatic rings. The molecule has 2 N–H and O–H groups in total. The molecule has 1 heterocycles. The highest BCUT2D eigenvalue weighted by Crippen LogP contribution is 2.30. The molecule has 0 radical (unpaired) electrons. The number of aromatic nitrogens is 2. The van der Waals surface area contributed by atoms with Crippen LogP contribution in [0.2, 0.25) is 0 Å². The number of anilines is 2. The predicted molar refractivity (Wildman–Crippen MR) is 68.0 cm³/mol. The molecular weight excluding hydrogens is 275 g/mol. The van der Waals surface area contributed by atoms with Gasteiger partial charge in [-0.1, -0.05) is 0 Å². The Morgan fingerprint density at radius 1 is 1.35 bits per heavy atom. The van der Waals surface area contributed by atoms with E-state index in [1.54, 1.807) is 21.0 Å². The molecule has 1 aromatic heterocycles. The first kappa shape index (κ1) is 16.0. The fraction of sp³-hybridized carbons (Fsp3) is 0.545. The highest BCUT2D eigenvalue weighted by Gasteiger charge is 2.34. The number of nitrogens with two attached hydrogens (primary N) is 1. The van der Waals surface area contributed by atoms with E-state index in [9.17, 15) is 18.0 Å². The van der Waals surface area contributed by atoms with Crippen molar-refractivity contribution in [2.45, 2.75) is 13.1 Å². The van der Waals surface area contributed by atoms with Gasteiger partial charge in [-0.05, 0) is 6.92 Å². The van der Waals surface area contributed by atoms with Crippen LogP contribution in [0.5, 0.6) is 0 Å². The fourth-order valence-corrected chi connectivity index (χ4v) is 1.42. The van der Waals surface area contributed by atoms with Gasteiger partial charge in [-0.3, -0.25) is 4.79 Å². The Balaban J connectivity index is 3.10. The van der Waals surface area contributed by atoms with Crippen LogP contribution in [-0.4, -0.2) is 48.0 Å². The molecule has 0 bridgehead atoms. The van der Waals surface area contributed by atoms with E-state index in [-0.39, 0.29) is 18.3 Å². The number of nitrogen functional groups attached to an aromatic ring is 1. The number of likely N-dealkylation sites (N-methyl/N-ethyl adjacent to an activating group) is 2. The molecular formula is C11H16F3N5O. The maximum Gasteiger partial charge on any atom is 0.433 e. The molecule has 6 nitrogen and oxygen atoms in total. The summed E-state index contributed by atoms with van der Waals surface area (Å²) >= 11 is 0. The molecule has 0 atom stereocenters. The van der Waals surface area contributed by atoms with Gasteiger partial charge in [-0.2, -0.15) is 18.2 Å². The zero-order valence-corrected chi connectivity index (χ0v) is 11.4. The lowest BCUT2D eigenvalue weighted by Crippen LogP contribution is -2.37. The Kier molecular flexibility index (Phi) is 4.74. The average Bonchev–Trinajstić information content (AvgIpc) is 2.33. The van der Waals surface area contributed by atoms with Gasteiger partial charge in [0, 0.05) is 26.7 Å². The van der Waals surface area contributed by atoms with Crippen LogP contribution in [0.15, 0.2) is 6.07 Å². The zero-order chi connectivity index (χ0) is 15.5. The smallest absolute Gasteiger partial charge is 0.368 e. The van der Waals surface area contributed by atoms with Crippen molar-refractivity contribution in [3.8, 4) is 0 Å². The van der Waals surface area contributed by atoms with Gasteiger partial charge >= 0.3 is 6.18 Å². The molecule has 0 saturated carbocycles. The molecule has 1 aromatic rings. The van der Waals surface area contributed by atoms with Gasteiger partial charge in [0.2, 0.25) is 11.9 Å². The van der Waals surface area contributed by atoms with Gasteiger partial charge in [-0.15, -0.1) is 0 Å². The number of hydrogen-bond acceptors (Lipinski definition) is 5. The van der Waals surface area contributed by atoms with Crippen molar-refractivity contribution in [1.29, 1.82) is 0 Å². The molecule has 0 aliphatic carbocycles. The van der Waals surface area contributed by atoms with Crippen molar-refractivity contribution in [2.24, 2.45) is 0 Å². The molecule has 1 amide bonds. The number of nitrogens with zero attached hydrogens (tertiary/aromatic N) is 4. The van der Waals surface area contributed by atoms with Gasteiger partial charge in [0.1, 0.15) is 5.82 Å². The average molecular weight is 291 g/mol. The van der Waals surface area contributed by atoms with Crippen LogP contribution in [0.25, 0.3) is 0 Å². The maximum absolute atomic E-state index is 12.7. The predicted octanol–water partition coefficient (Wildman–Crippen LogP) is 0.992. The third-order valence-corrected chi connectivity index (χ3v) is 2.55. The minimum atomic E-state index is -4.61. The van der Waals surface area contributed by atoms with Gasteiger partial charge in [0.15, 0.2) is 5.69 Å². The Labute approximate surface area is 114 Å². The zero-order valence-electron chi connectivity index (χ0n) is 11.4. The summed E-state index contributed by atoms with van der Waals surface area (Å²) in [6.45, 7) is 1.93. The second-order valence-corrected chi connectivity index (χ2v) is 4.27. The normalized spacial score (nSPS) is 11.3. The van der Waals surface area contributed by atoms with Crippen molar-refractivity contribution < 1.29 is 18.0 Å². The van der Waals surface area contributed by atoms with E-state index < -0.39 is 17.8 Å². The molecule has 20 heavy (non-hydrogen) atoms. The lowest BCUT2D eigenvalue weighted by atomic mass is 10.3. The van der Waals surface area contributed by atoms with Crippen LogP contribution < -0.4 is 10.6 Å². The first-order chi connectivity index (χ1) is 9.15. The molecule has 0 saturated heterocycles. The number of carbonyl (C=O) groups excluding carboxylic acids is 1. The van der Waals surface area contributed by atoms with E-state index in [0.717, 1.165) is 6.07 Å². The molecule has 0 aliphatic heterocycles. The summed E-state index contributed by atoms with van der Waals surface area (Å²) in [4.78, 5) is 21.3. The SMILES string of the molecule is CCN(CC(=O)N(C)C)c1cc(C(F)(F)F)nc(N)n1. The van der Waals surface area contributed by atoms with Crippen molar-refractivity contribution in [1.82, 2.24) is 14.9 Å². The second kappa shape index (κ2) is 5.93. The summed E-state index contributed by atoms with van der Waals surface area (Å²) < 4.78 is 38.0. The summed E-state index contributed by atoms with van der Waals surface area (Å²) in [6.07, 6.45) is -4.61. The summed E-state index contributed by atoms with van der Waals surface area (Å²) in [5.74, 6) is -0.759. The number of carbonyl (C=O) groups is 1. The summed E-state index contributed by atoms with van der Waals surface area (Å²) in [6, 6.07) is 0.781. The van der Waals surface area contributed by atoms with Crippen LogP contribution in [-0.2, 0) is 11.0 Å². The number of hydrogen-bond donors (Lipinski definition) is 1. The molecule has 0 aromatic carbocycles. The van der Waals surface area contributed by atoms with Crippen molar-refractivity contribution in [3.05, 3.63) is 11.8 Å². The van der Waals surface area contributed by atoms with Crippen molar-refractivity contribution in [3.63, 3.8) is 0 Å². The highest BCUT2D eigenvalue weighted by molar-refractivity contribution is 5.80. The third kappa shape index (κ3) is 3.97. The van der Waals surface area contributed by atoms with Gasteiger partial charge in [0.05, 0.1) is 6.54 Å². The molecule has 0 spiro atoms. The topological polar surface area (TPSA) is 75.4 Å². The Bertz CT molecular complexity index is 489. The Morgan fingerprint density at radius 3 is 2.40 bits per heavy atom. The fourth-order valence-electron chi connectivity index (χ4n) is 1.42. The monoisotopic (exact) mass is 291 g/mol. The van der Waals surface area contributed by atoms with Gasteiger partial charge in [-0.25, -0.2) is 4.98 Å². The van der Waals surface area contributed by atoms with Crippen LogP contribution in [0, 0.1) is 0 Å². The summed E-state index contributed by atoms with van der Waals surface area (Å²) in [7, 11) is 3.12. The summed E-state index contributed by atoms with van der Waals surface area (Å²) in [5.41, 5.74) is 4.17. The second-order valence-electron chi connectivity index (χ2n) is 4.27. The van der Waals surface area contributed by atoms with Gasteiger partial charge in [0.25, 0.3) is 0 Å².